The zero-order valence-corrected chi connectivity index (χ0v) is 19.2. The van der Waals surface area contributed by atoms with Crippen molar-refractivity contribution in [2.45, 2.75) is 40.7 Å². The predicted molar refractivity (Wildman–Crippen MR) is 123 cm³/mol. The molecule has 29 heavy (non-hydrogen) atoms. The van der Waals surface area contributed by atoms with Crippen LogP contribution in [0.5, 0.6) is 0 Å². The summed E-state index contributed by atoms with van der Waals surface area (Å²) >= 11 is 1.61. The van der Waals surface area contributed by atoms with Crippen molar-refractivity contribution in [3.8, 4) is 0 Å². The zero-order chi connectivity index (χ0) is 21.6. The first-order chi connectivity index (χ1) is 13.7. The third-order valence-electron chi connectivity index (χ3n) is 4.56. The van der Waals surface area contributed by atoms with Crippen molar-refractivity contribution in [2.75, 3.05) is 30.9 Å². The van der Waals surface area contributed by atoms with Gasteiger partial charge in [0.2, 0.25) is 11.8 Å². The Bertz CT molecular complexity index is 814. The second kappa shape index (κ2) is 10.4. The Balaban J connectivity index is 2.28. The number of rotatable bonds is 9. The van der Waals surface area contributed by atoms with Gasteiger partial charge in [0.05, 0.1) is 6.42 Å². The van der Waals surface area contributed by atoms with E-state index in [-0.39, 0.29) is 17.7 Å². The quantitative estimate of drug-likeness (QED) is 0.649. The summed E-state index contributed by atoms with van der Waals surface area (Å²) in [6, 6.07) is 9.89. The first kappa shape index (κ1) is 22.9. The number of carbonyl (C=O) groups excluding carboxylic acids is 2. The van der Waals surface area contributed by atoms with Crippen molar-refractivity contribution in [3.63, 3.8) is 0 Å². The molecule has 0 atom stereocenters. The highest BCUT2D eigenvalue weighted by Crippen LogP contribution is 2.26. The second-order valence-electron chi connectivity index (χ2n) is 8.31. The number of benzene rings is 1. The SMILES string of the molecule is CC(C)CN(Cc1cc(NC(=O)C(C)C)ccc1N(C)C)C(=O)Cc1cccs1. The van der Waals surface area contributed by atoms with Crippen LogP contribution in [0.1, 0.15) is 38.1 Å². The first-order valence-electron chi connectivity index (χ1n) is 10.1. The maximum Gasteiger partial charge on any atom is 0.228 e. The van der Waals surface area contributed by atoms with E-state index in [4.69, 9.17) is 0 Å². The molecule has 0 bridgehead atoms. The van der Waals surface area contributed by atoms with Crippen LogP contribution in [0.2, 0.25) is 0 Å². The summed E-state index contributed by atoms with van der Waals surface area (Å²) in [5, 5.41) is 4.97. The molecule has 1 aromatic carbocycles. The van der Waals surface area contributed by atoms with Crippen molar-refractivity contribution in [3.05, 3.63) is 46.2 Å². The monoisotopic (exact) mass is 415 g/mol. The first-order valence-corrected chi connectivity index (χ1v) is 11.0. The molecule has 0 radical (unpaired) electrons. The summed E-state index contributed by atoms with van der Waals surface area (Å²) in [4.78, 5) is 30.2. The predicted octanol–water partition coefficient (Wildman–Crippen LogP) is 4.64. The summed E-state index contributed by atoms with van der Waals surface area (Å²) < 4.78 is 0. The fourth-order valence-electron chi connectivity index (χ4n) is 3.09. The van der Waals surface area contributed by atoms with Gasteiger partial charge in [-0.25, -0.2) is 0 Å². The van der Waals surface area contributed by atoms with Crippen LogP contribution < -0.4 is 10.2 Å². The molecule has 2 aromatic rings. The molecule has 0 aliphatic rings. The van der Waals surface area contributed by atoms with Gasteiger partial charge in [0.1, 0.15) is 0 Å². The Labute approximate surface area is 178 Å². The number of nitrogens with zero attached hydrogens (tertiary/aromatic N) is 2. The number of hydrogen-bond acceptors (Lipinski definition) is 4. The lowest BCUT2D eigenvalue weighted by molar-refractivity contribution is -0.131. The molecule has 0 spiro atoms. The Hall–Kier alpha value is -2.34. The average molecular weight is 416 g/mol. The fourth-order valence-corrected chi connectivity index (χ4v) is 3.78. The third kappa shape index (κ3) is 6.89. The molecule has 0 fully saturated rings. The molecule has 0 saturated carbocycles. The van der Waals surface area contributed by atoms with E-state index in [0.29, 0.717) is 25.4 Å². The van der Waals surface area contributed by atoms with Gasteiger partial charge in [-0.2, -0.15) is 0 Å². The molecular formula is C23H33N3O2S. The number of nitrogens with one attached hydrogen (secondary N) is 1. The van der Waals surface area contributed by atoms with Crippen LogP contribution in [-0.4, -0.2) is 37.4 Å². The topological polar surface area (TPSA) is 52.7 Å². The third-order valence-corrected chi connectivity index (χ3v) is 5.43. The highest BCUT2D eigenvalue weighted by atomic mass is 32.1. The number of hydrogen-bond donors (Lipinski definition) is 1. The highest BCUT2D eigenvalue weighted by Gasteiger charge is 2.19. The number of anilines is 2. The summed E-state index contributed by atoms with van der Waals surface area (Å²) in [5.41, 5.74) is 2.83. The Kier molecular flexibility index (Phi) is 8.26. The minimum atomic E-state index is -0.0863. The van der Waals surface area contributed by atoms with Gasteiger partial charge >= 0.3 is 0 Å². The molecule has 0 saturated heterocycles. The van der Waals surface area contributed by atoms with E-state index in [1.165, 1.54) is 0 Å². The van der Waals surface area contributed by atoms with E-state index in [9.17, 15) is 9.59 Å². The van der Waals surface area contributed by atoms with Gasteiger partial charge < -0.3 is 15.1 Å². The largest absolute Gasteiger partial charge is 0.377 e. The molecule has 158 valence electrons. The lowest BCUT2D eigenvalue weighted by Gasteiger charge is -2.27. The second-order valence-corrected chi connectivity index (χ2v) is 9.34. The van der Waals surface area contributed by atoms with Crippen LogP contribution >= 0.6 is 11.3 Å². The van der Waals surface area contributed by atoms with Gasteiger partial charge in [0.15, 0.2) is 0 Å². The van der Waals surface area contributed by atoms with E-state index in [0.717, 1.165) is 21.8 Å². The lowest BCUT2D eigenvalue weighted by atomic mass is 10.1. The summed E-state index contributed by atoms with van der Waals surface area (Å²) in [6.07, 6.45) is 0.422. The smallest absolute Gasteiger partial charge is 0.228 e. The van der Waals surface area contributed by atoms with E-state index < -0.39 is 0 Å². The minimum absolute atomic E-state index is 0.0126. The number of carbonyl (C=O) groups is 2. The minimum Gasteiger partial charge on any atom is -0.377 e. The van der Waals surface area contributed by atoms with Crippen LogP contribution in [0.25, 0.3) is 0 Å². The van der Waals surface area contributed by atoms with E-state index in [1.54, 1.807) is 11.3 Å². The molecule has 2 rings (SSSR count). The molecule has 0 aliphatic carbocycles. The standard InChI is InChI=1S/C23H33N3O2S/c1-16(2)14-26(22(27)13-20-8-7-11-29-20)15-18-12-19(24-23(28)17(3)4)9-10-21(18)25(5)6/h7-12,16-17H,13-15H2,1-6H3,(H,24,28). The number of thiophene rings is 1. The number of amides is 2. The van der Waals surface area contributed by atoms with Crippen LogP contribution in [-0.2, 0) is 22.6 Å². The molecule has 2 amide bonds. The van der Waals surface area contributed by atoms with Gasteiger partial charge in [0, 0.05) is 49.4 Å². The highest BCUT2D eigenvalue weighted by molar-refractivity contribution is 7.10. The molecule has 0 aliphatic heterocycles. The van der Waals surface area contributed by atoms with E-state index in [1.807, 2.05) is 73.5 Å². The normalized spacial score (nSPS) is 11.0. The maximum absolute atomic E-state index is 13.0. The van der Waals surface area contributed by atoms with Gasteiger partial charge in [-0.1, -0.05) is 33.8 Å². The van der Waals surface area contributed by atoms with Crippen molar-refractivity contribution in [1.29, 1.82) is 0 Å². The Morgan fingerprint density at radius 2 is 1.83 bits per heavy atom. The van der Waals surface area contributed by atoms with Crippen molar-refractivity contribution < 1.29 is 9.59 Å². The van der Waals surface area contributed by atoms with Gasteiger partial charge in [0.25, 0.3) is 0 Å². The molecule has 5 nitrogen and oxygen atoms in total. The van der Waals surface area contributed by atoms with E-state index >= 15 is 0 Å². The van der Waals surface area contributed by atoms with Crippen LogP contribution in [0, 0.1) is 11.8 Å². The van der Waals surface area contributed by atoms with Gasteiger partial charge in [-0.3, -0.25) is 9.59 Å². The molecule has 6 heteroatoms. The molecule has 1 heterocycles. The van der Waals surface area contributed by atoms with Crippen LogP contribution in [0.3, 0.4) is 0 Å². The molecule has 1 aromatic heterocycles. The van der Waals surface area contributed by atoms with Crippen LogP contribution in [0.4, 0.5) is 11.4 Å². The average Bonchev–Trinajstić information content (AvgIpc) is 3.13. The summed E-state index contributed by atoms with van der Waals surface area (Å²) in [7, 11) is 3.98. The van der Waals surface area contributed by atoms with Gasteiger partial charge in [-0.15, -0.1) is 11.3 Å². The fraction of sp³-hybridized carbons (Fsp3) is 0.478. The van der Waals surface area contributed by atoms with E-state index in [2.05, 4.69) is 19.2 Å². The maximum atomic E-state index is 13.0. The summed E-state index contributed by atoms with van der Waals surface area (Å²) in [6.45, 7) is 9.20. The van der Waals surface area contributed by atoms with Crippen LogP contribution in [0.15, 0.2) is 35.7 Å². The van der Waals surface area contributed by atoms with Crippen molar-refractivity contribution >= 4 is 34.5 Å². The van der Waals surface area contributed by atoms with Crippen molar-refractivity contribution in [2.24, 2.45) is 11.8 Å². The molecular weight excluding hydrogens is 382 g/mol. The Morgan fingerprint density at radius 3 is 2.38 bits per heavy atom. The molecule has 0 unspecified atom stereocenters. The van der Waals surface area contributed by atoms with Crippen molar-refractivity contribution in [1.82, 2.24) is 4.90 Å². The zero-order valence-electron chi connectivity index (χ0n) is 18.4. The Morgan fingerprint density at radius 1 is 1.10 bits per heavy atom. The lowest BCUT2D eigenvalue weighted by Crippen LogP contribution is -2.35. The molecule has 1 N–H and O–H groups in total. The van der Waals surface area contributed by atoms with Gasteiger partial charge in [-0.05, 0) is 41.1 Å². The summed E-state index contributed by atoms with van der Waals surface area (Å²) in [5.74, 6) is 0.398.